The Morgan fingerprint density at radius 2 is 2.00 bits per heavy atom. The second kappa shape index (κ2) is 7.65. The van der Waals surface area contributed by atoms with Gasteiger partial charge in [0.2, 0.25) is 5.91 Å². The Hall–Kier alpha value is -1.06. The van der Waals surface area contributed by atoms with E-state index in [1.54, 1.807) is 0 Å². The van der Waals surface area contributed by atoms with Crippen LogP contribution in [0.15, 0.2) is 30.3 Å². The number of carbonyl (C=O) groups excluding carboxylic acids is 1. The van der Waals surface area contributed by atoms with Crippen molar-refractivity contribution in [1.82, 2.24) is 5.32 Å². The van der Waals surface area contributed by atoms with Crippen molar-refractivity contribution in [2.75, 3.05) is 6.54 Å². The zero-order chi connectivity index (χ0) is 13.7. The molecule has 3 N–H and O–H groups in total. The highest BCUT2D eigenvalue weighted by Gasteiger charge is 2.41. The molecule has 20 heavy (non-hydrogen) atoms. The van der Waals surface area contributed by atoms with E-state index in [1.165, 1.54) is 18.4 Å². The predicted octanol–water partition coefficient (Wildman–Crippen LogP) is 2.67. The first-order valence-electron chi connectivity index (χ1n) is 7.19. The van der Waals surface area contributed by atoms with Gasteiger partial charge in [0, 0.05) is 13.0 Å². The second-order valence-electron chi connectivity index (χ2n) is 5.78. The molecule has 1 saturated carbocycles. The molecule has 1 aromatic rings. The van der Waals surface area contributed by atoms with Gasteiger partial charge in [0.1, 0.15) is 0 Å². The lowest BCUT2D eigenvalue weighted by atomic mass is 9.95. The van der Waals surface area contributed by atoms with E-state index in [1.807, 2.05) is 18.2 Å². The normalized spacial score (nSPS) is 16.9. The fourth-order valence-corrected chi connectivity index (χ4v) is 2.52. The molecular formula is C16H25ClN2O. The Bertz CT molecular complexity index is 420. The van der Waals surface area contributed by atoms with Crippen molar-refractivity contribution in [3.05, 3.63) is 35.9 Å². The van der Waals surface area contributed by atoms with Crippen molar-refractivity contribution in [1.29, 1.82) is 0 Å². The van der Waals surface area contributed by atoms with E-state index >= 15 is 0 Å². The third kappa shape index (κ3) is 4.80. The molecule has 1 aromatic carbocycles. The summed E-state index contributed by atoms with van der Waals surface area (Å²) in [6.07, 6.45) is 4.81. The van der Waals surface area contributed by atoms with Crippen LogP contribution in [0.4, 0.5) is 0 Å². The average molecular weight is 297 g/mol. The van der Waals surface area contributed by atoms with Gasteiger partial charge in [-0.15, -0.1) is 12.4 Å². The summed E-state index contributed by atoms with van der Waals surface area (Å²) in [4.78, 5) is 12.0. The first-order chi connectivity index (χ1) is 9.14. The minimum Gasteiger partial charge on any atom is -0.349 e. The Kier molecular flexibility index (Phi) is 6.50. The summed E-state index contributed by atoms with van der Waals surface area (Å²) in [7, 11) is 0. The van der Waals surface area contributed by atoms with E-state index in [9.17, 15) is 4.79 Å². The number of hydrogen-bond donors (Lipinski definition) is 2. The number of halogens is 1. The van der Waals surface area contributed by atoms with E-state index < -0.39 is 0 Å². The molecule has 0 radical (unpaired) electrons. The lowest BCUT2D eigenvalue weighted by molar-refractivity contribution is -0.123. The standard InChI is InChI=1S/C16H24N2O.ClH/c1-16(12-17,14-10-11-14)18-15(19)9-5-8-13-6-3-2-4-7-13;/h2-4,6-7,14H,5,8-12,17H2,1H3,(H,18,19);1H. The number of carbonyl (C=O) groups is 1. The van der Waals surface area contributed by atoms with Crippen LogP contribution in [0.2, 0.25) is 0 Å². The van der Waals surface area contributed by atoms with E-state index in [0.29, 0.717) is 18.9 Å². The Morgan fingerprint density at radius 1 is 1.35 bits per heavy atom. The van der Waals surface area contributed by atoms with Crippen LogP contribution in [-0.4, -0.2) is 18.0 Å². The first kappa shape index (κ1) is 17.0. The van der Waals surface area contributed by atoms with Crippen molar-refractivity contribution in [2.45, 2.75) is 44.6 Å². The van der Waals surface area contributed by atoms with Gasteiger partial charge in [-0.25, -0.2) is 0 Å². The first-order valence-corrected chi connectivity index (χ1v) is 7.19. The Balaban J connectivity index is 0.00000200. The molecule has 1 aliphatic carbocycles. The van der Waals surface area contributed by atoms with Gasteiger partial charge in [-0.3, -0.25) is 4.79 Å². The van der Waals surface area contributed by atoms with E-state index in [-0.39, 0.29) is 23.9 Å². The van der Waals surface area contributed by atoms with Gasteiger partial charge >= 0.3 is 0 Å². The topological polar surface area (TPSA) is 55.1 Å². The van der Waals surface area contributed by atoms with Crippen molar-refractivity contribution in [3.8, 4) is 0 Å². The highest BCUT2D eigenvalue weighted by Crippen LogP contribution is 2.38. The number of hydrogen-bond acceptors (Lipinski definition) is 2. The molecule has 112 valence electrons. The molecule has 1 atom stereocenters. The Labute approximate surface area is 127 Å². The molecule has 0 spiro atoms. The average Bonchev–Trinajstić information content (AvgIpc) is 3.24. The second-order valence-corrected chi connectivity index (χ2v) is 5.78. The SMILES string of the molecule is CC(CN)(NC(=O)CCCc1ccccc1)C1CC1.Cl. The molecule has 2 rings (SSSR count). The molecule has 1 amide bonds. The molecule has 4 heteroatoms. The molecule has 3 nitrogen and oxygen atoms in total. The van der Waals surface area contributed by atoms with Gasteiger partial charge in [-0.1, -0.05) is 30.3 Å². The van der Waals surface area contributed by atoms with Crippen molar-refractivity contribution >= 4 is 18.3 Å². The molecular weight excluding hydrogens is 272 g/mol. The van der Waals surface area contributed by atoms with Crippen molar-refractivity contribution < 1.29 is 4.79 Å². The van der Waals surface area contributed by atoms with E-state index in [4.69, 9.17) is 5.73 Å². The minimum absolute atomic E-state index is 0. The van der Waals surface area contributed by atoms with Crippen LogP contribution in [0.25, 0.3) is 0 Å². The molecule has 0 aromatic heterocycles. The molecule has 0 saturated heterocycles. The predicted molar refractivity (Wildman–Crippen MR) is 85.0 cm³/mol. The molecule has 1 fully saturated rings. The fourth-order valence-electron chi connectivity index (χ4n) is 2.52. The quantitative estimate of drug-likeness (QED) is 0.813. The monoisotopic (exact) mass is 296 g/mol. The van der Waals surface area contributed by atoms with Gasteiger partial charge in [-0.05, 0) is 44.1 Å². The van der Waals surface area contributed by atoms with Crippen LogP contribution < -0.4 is 11.1 Å². The number of amides is 1. The third-order valence-electron chi connectivity index (χ3n) is 4.04. The van der Waals surface area contributed by atoms with Crippen LogP contribution in [-0.2, 0) is 11.2 Å². The maximum absolute atomic E-state index is 12.0. The molecule has 0 bridgehead atoms. The summed E-state index contributed by atoms with van der Waals surface area (Å²) in [5.74, 6) is 0.714. The van der Waals surface area contributed by atoms with Gasteiger partial charge < -0.3 is 11.1 Å². The highest BCUT2D eigenvalue weighted by atomic mass is 35.5. The lowest BCUT2D eigenvalue weighted by Crippen LogP contribution is -2.53. The van der Waals surface area contributed by atoms with Crippen molar-refractivity contribution in [2.24, 2.45) is 11.7 Å². The fraction of sp³-hybridized carbons (Fsp3) is 0.562. The summed E-state index contributed by atoms with van der Waals surface area (Å²) >= 11 is 0. The lowest BCUT2D eigenvalue weighted by Gasteiger charge is -2.29. The van der Waals surface area contributed by atoms with Gasteiger partial charge in [0.15, 0.2) is 0 Å². The summed E-state index contributed by atoms with van der Waals surface area (Å²) in [5.41, 5.74) is 6.90. The number of benzene rings is 1. The number of rotatable bonds is 7. The largest absolute Gasteiger partial charge is 0.349 e. The van der Waals surface area contributed by atoms with E-state index in [2.05, 4.69) is 24.4 Å². The summed E-state index contributed by atoms with van der Waals surface area (Å²) in [5, 5.41) is 3.13. The van der Waals surface area contributed by atoms with Crippen molar-refractivity contribution in [3.63, 3.8) is 0 Å². The summed E-state index contributed by atoms with van der Waals surface area (Å²) < 4.78 is 0. The van der Waals surface area contributed by atoms with Crippen LogP contribution in [0.5, 0.6) is 0 Å². The van der Waals surface area contributed by atoms with Gasteiger partial charge in [0.25, 0.3) is 0 Å². The molecule has 0 aliphatic heterocycles. The minimum atomic E-state index is -0.191. The maximum atomic E-state index is 12.0. The van der Waals surface area contributed by atoms with Gasteiger partial charge in [-0.2, -0.15) is 0 Å². The van der Waals surface area contributed by atoms with Gasteiger partial charge in [0.05, 0.1) is 5.54 Å². The third-order valence-corrected chi connectivity index (χ3v) is 4.04. The maximum Gasteiger partial charge on any atom is 0.220 e. The number of nitrogens with two attached hydrogens (primary N) is 1. The zero-order valence-electron chi connectivity index (χ0n) is 12.1. The van der Waals surface area contributed by atoms with E-state index in [0.717, 1.165) is 12.8 Å². The van der Waals surface area contributed by atoms with Crippen LogP contribution in [0, 0.1) is 5.92 Å². The molecule has 1 aliphatic rings. The smallest absolute Gasteiger partial charge is 0.220 e. The number of aryl methyl sites for hydroxylation is 1. The Morgan fingerprint density at radius 3 is 2.55 bits per heavy atom. The van der Waals surface area contributed by atoms with Crippen LogP contribution in [0.3, 0.4) is 0 Å². The van der Waals surface area contributed by atoms with Crippen LogP contribution in [0.1, 0.15) is 38.2 Å². The summed E-state index contributed by atoms with van der Waals surface area (Å²) in [6, 6.07) is 10.3. The highest BCUT2D eigenvalue weighted by molar-refractivity contribution is 5.85. The zero-order valence-corrected chi connectivity index (χ0v) is 12.9. The molecule has 0 heterocycles. The number of nitrogens with one attached hydrogen (secondary N) is 1. The van der Waals surface area contributed by atoms with Crippen LogP contribution >= 0.6 is 12.4 Å². The molecule has 1 unspecified atom stereocenters. The summed E-state index contributed by atoms with van der Waals surface area (Å²) in [6.45, 7) is 2.60.